The van der Waals surface area contributed by atoms with Crippen LogP contribution in [-0.4, -0.2) is 32.9 Å². The molecule has 136 valence electrons. The second kappa shape index (κ2) is 6.78. The minimum Gasteiger partial charge on any atom is -0.338 e. The van der Waals surface area contributed by atoms with E-state index in [1.165, 1.54) is 48.9 Å². The fraction of sp³-hybridized carbons (Fsp3) is 0.304. The van der Waals surface area contributed by atoms with Crippen molar-refractivity contribution in [3.05, 3.63) is 60.0 Å². The smallest absolute Gasteiger partial charge is 0.138 e. The molecule has 1 saturated heterocycles. The van der Waals surface area contributed by atoms with E-state index in [9.17, 15) is 0 Å². The standard InChI is InChI=1S/C23H24N4/c1-16-11-20-21-12-19(13-25-23(21)26-22(20)14-24-16)18-7-5-17(6-8-18)15-27-9-3-2-4-10-27/h5-8,11-14H,2-4,9-10,15H2,1H3,(H,25,26). The maximum absolute atomic E-state index is 4.65. The average molecular weight is 356 g/mol. The number of hydrogen-bond donors (Lipinski definition) is 1. The van der Waals surface area contributed by atoms with Gasteiger partial charge < -0.3 is 4.98 Å². The van der Waals surface area contributed by atoms with Crippen molar-refractivity contribution in [3.8, 4) is 11.1 Å². The van der Waals surface area contributed by atoms with Crippen molar-refractivity contribution < 1.29 is 0 Å². The van der Waals surface area contributed by atoms with Crippen LogP contribution < -0.4 is 0 Å². The van der Waals surface area contributed by atoms with E-state index in [0.29, 0.717) is 0 Å². The molecule has 0 bridgehead atoms. The van der Waals surface area contributed by atoms with Gasteiger partial charge in [0.1, 0.15) is 5.65 Å². The van der Waals surface area contributed by atoms with Crippen LogP contribution in [0, 0.1) is 6.92 Å². The van der Waals surface area contributed by atoms with Crippen molar-refractivity contribution in [1.29, 1.82) is 0 Å². The quantitative estimate of drug-likeness (QED) is 0.557. The van der Waals surface area contributed by atoms with E-state index in [2.05, 4.69) is 56.3 Å². The summed E-state index contributed by atoms with van der Waals surface area (Å²) in [5, 5.41) is 2.35. The molecule has 5 rings (SSSR count). The summed E-state index contributed by atoms with van der Waals surface area (Å²) >= 11 is 0. The molecule has 4 heterocycles. The molecule has 4 aromatic rings. The number of nitrogens with zero attached hydrogens (tertiary/aromatic N) is 3. The third kappa shape index (κ3) is 3.21. The Labute approximate surface area is 159 Å². The molecule has 27 heavy (non-hydrogen) atoms. The summed E-state index contributed by atoms with van der Waals surface area (Å²) < 4.78 is 0. The maximum atomic E-state index is 4.65. The van der Waals surface area contributed by atoms with Crippen LogP contribution >= 0.6 is 0 Å². The van der Waals surface area contributed by atoms with Crippen LogP contribution in [-0.2, 0) is 6.54 Å². The van der Waals surface area contributed by atoms with E-state index < -0.39 is 0 Å². The monoisotopic (exact) mass is 356 g/mol. The zero-order chi connectivity index (χ0) is 18.2. The molecule has 3 aromatic heterocycles. The lowest BCUT2D eigenvalue weighted by molar-refractivity contribution is 0.221. The summed E-state index contributed by atoms with van der Waals surface area (Å²) in [5.74, 6) is 0. The highest BCUT2D eigenvalue weighted by Gasteiger charge is 2.11. The summed E-state index contributed by atoms with van der Waals surface area (Å²) in [6.07, 6.45) is 7.90. The Bertz CT molecular complexity index is 1090. The number of hydrogen-bond acceptors (Lipinski definition) is 3. The topological polar surface area (TPSA) is 44.8 Å². The first kappa shape index (κ1) is 16.5. The molecule has 0 atom stereocenters. The van der Waals surface area contributed by atoms with Gasteiger partial charge in [-0.1, -0.05) is 30.7 Å². The Kier molecular flexibility index (Phi) is 4.13. The third-order valence-corrected chi connectivity index (χ3v) is 5.61. The van der Waals surface area contributed by atoms with Gasteiger partial charge in [-0.25, -0.2) is 4.98 Å². The van der Waals surface area contributed by atoms with Gasteiger partial charge in [-0.15, -0.1) is 0 Å². The predicted molar refractivity (Wildman–Crippen MR) is 111 cm³/mol. The van der Waals surface area contributed by atoms with Gasteiger partial charge in [-0.05, 0) is 56.1 Å². The molecule has 0 amide bonds. The number of H-pyrrole nitrogens is 1. The molecule has 4 heteroatoms. The molecular formula is C23H24N4. The number of likely N-dealkylation sites (tertiary alicyclic amines) is 1. The van der Waals surface area contributed by atoms with Crippen molar-refractivity contribution in [1.82, 2.24) is 19.9 Å². The first-order chi connectivity index (χ1) is 13.3. The van der Waals surface area contributed by atoms with E-state index >= 15 is 0 Å². The Morgan fingerprint density at radius 2 is 1.70 bits per heavy atom. The summed E-state index contributed by atoms with van der Waals surface area (Å²) in [7, 11) is 0. The van der Waals surface area contributed by atoms with Crippen LogP contribution in [0.25, 0.3) is 33.1 Å². The number of benzene rings is 1. The molecule has 0 unspecified atom stereocenters. The number of nitrogens with one attached hydrogen (secondary N) is 1. The maximum Gasteiger partial charge on any atom is 0.138 e. The Morgan fingerprint density at radius 3 is 2.52 bits per heavy atom. The third-order valence-electron chi connectivity index (χ3n) is 5.61. The van der Waals surface area contributed by atoms with Crippen LogP contribution in [0.4, 0.5) is 0 Å². The SMILES string of the molecule is Cc1cc2c(cn1)[nH]c1ncc(-c3ccc(CN4CCCCC4)cc3)cc12. The van der Waals surface area contributed by atoms with Crippen LogP contribution in [0.2, 0.25) is 0 Å². The molecule has 4 nitrogen and oxygen atoms in total. The second-order valence-corrected chi connectivity index (χ2v) is 7.65. The molecule has 0 saturated carbocycles. The second-order valence-electron chi connectivity index (χ2n) is 7.65. The van der Waals surface area contributed by atoms with Crippen molar-refractivity contribution >= 4 is 21.9 Å². The molecule has 1 aliphatic heterocycles. The number of aromatic nitrogens is 3. The first-order valence-electron chi connectivity index (χ1n) is 9.82. The van der Waals surface area contributed by atoms with E-state index in [-0.39, 0.29) is 0 Å². The Balaban J connectivity index is 1.45. The lowest BCUT2D eigenvalue weighted by atomic mass is 10.0. The molecule has 1 aliphatic rings. The van der Waals surface area contributed by atoms with Crippen LogP contribution in [0.3, 0.4) is 0 Å². The molecule has 1 N–H and O–H groups in total. The largest absolute Gasteiger partial charge is 0.338 e. The van der Waals surface area contributed by atoms with Gasteiger partial charge >= 0.3 is 0 Å². The summed E-state index contributed by atoms with van der Waals surface area (Å²) in [4.78, 5) is 14.9. The van der Waals surface area contributed by atoms with Gasteiger partial charge in [0, 0.05) is 34.8 Å². The number of fused-ring (bicyclic) bond motifs is 3. The molecule has 0 spiro atoms. The van der Waals surface area contributed by atoms with Gasteiger partial charge in [-0.3, -0.25) is 9.88 Å². The highest BCUT2D eigenvalue weighted by atomic mass is 15.1. The number of piperidine rings is 1. The van der Waals surface area contributed by atoms with E-state index in [1.54, 1.807) is 0 Å². The summed E-state index contributed by atoms with van der Waals surface area (Å²) in [6, 6.07) is 13.3. The van der Waals surface area contributed by atoms with Gasteiger partial charge in [0.15, 0.2) is 0 Å². The minimum absolute atomic E-state index is 0.919. The predicted octanol–water partition coefficient (Wildman–Crippen LogP) is 5.07. The summed E-state index contributed by atoms with van der Waals surface area (Å²) in [5.41, 5.74) is 6.74. The first-order valence-corrected chi connectivity index (χ1v) is 9.82. The van der Waals surface area contributed by atoms with Crippen molar-refractivity contribution in [3.63, 3.8) is 0 Å². The van der Waals surface area contributed by atoms with E-state index in [0.717, 1.165) is 34.4 Å². The number of aryl methyl sites for hydroxylation is 1. The van der Waals surface area contributed by atoms with Crippen LogP contribution in [0.5, 0.6) is 0 Å². The van der Waals surface area contributed by atoms with Crippen LogP contribution in [0.15, 0.2) is 48.8 Å². The number of pyridine rings is 2. The summed E-state index contributed by atoms with van der Waals surface area (Å²) in [6.45, 7) is 5.55. The average Bonchev–Trinajstić information content (AvgIpc) is 3.06. The van der Waals surface area contributed by atoms with E-state index in [4.69, 9.17) is 0 Å². The zero-order valence-corrected chi connectivity index (χ0v) is 15.7. The van der Waals surface area contributed by atoms with Gasteiger partial charge in [-0.2, -0.15) is 0 Å². The fourth-order valence-electron chi connectivity index (χ4n) is 4.12. The molecule has 1 aromatic carbocycles. The van der Waals surface area contributed by atoms with Gasteiger partial charge in [0.25, 0.3) is 0 Å². The number of aromatic amines is 1. The molecule has 0 radical (unpaired) electrons. The van der Waals surface area contributed by atoms with Crippen molar-refractivity contribution in [2.24, 2.45) is 0 Å². The van der Waals surface area contributed by atoms with Crippen molar-refractivity contribution in [2.45, 2.75) is 32.7 Å². The molecule has 1 fully saturated rings. The minimum atomic E-state index is 0.919. The normalized spacial score (nSPS) is 15.6. The lowest BCUT2D eigenvalue weighted by Crippen LogP contribution is -2.28. The highest BCUT2D eigenvalue weighted by Crippen LogP contribution is 2.29. The Morgan fingerprint density at radius 1 is 0.889 bits per heavy atom. The highest BCUT2D eigenvalue weighted by molar-refractivity contribution is 6.06. The molecule has 0 aliphatic carbocycles. The van der Waals surface area contributed by atoms with Gasteiger partial charge in [0.05, 0.1) is 11.7 Å². The van der Waals surface area contributed by atoms with Crippen LogP contribution in [0.1, 0.15) is 30.5 Å². The van der Waals surface area contributed by atoms with Crippen molar-refractivity contribution in [2.75, 3.05) is 13.1 Å². The molecular weight excluding hydrogens is 332 g/mol. The lowest BCUT2D eigenvalue weighted by Gasteiger charge is -2.26. The van der Waals surface area contributed by atoms with E-state index in [1.807, 2.05) is 19.3 Å². The van der Waals surface area contributed by atoms with Gasteiger partial charge in [0.2, 0.25) is 0 Å². The fourth-order valence-corrected chi connectivity index (χ4v) is 4.12. The zero-order valence-electron chi connectivity index (χ0n) is 15.7. The number of rotatable bonds is 3. The Hall–Kier alpha value is -2.72.